The Balaban J connectivity index is 2.25. The van der Waals surface area contributed by atoms with Gasteiger partial charge in [0.1, 0.15) is 0 Å². The van der Waals surface area contributed by atoms with Crippen molar-refractivity contribution >= 4 is 9.52 Å². The normalized spacial score (nSPS) is 9.69. The summed E-state index contributed by atoms with van der Waals surface area (Å²) >= 11 is 0. The summed E-state index contributed by atoms with van der Waals surface area (Å²) in [6.07, 6.45) is 2.32. The highest BCUT2D eigenvalue weighted by Crippen LogP contribution is 2.00. The van der Waals surface area contributed by atoms with Crippen LogP contribution in [0.1, 0.15) is 19.4 Å². The Hall–Kier alpha value is -0.823. The average molecular weight is 188 g/mol. The van der Waals surface area contributed by atoms with Gasteiger partial charge in [0.05, 0.1) is 0 Å². The van der Waals surface area contributed by atoms with Gasteiger partial charge in [-0.3, -0.25) is 0 Å². The Labute approximate surface area is 83.5 Å². The third-order valence-corrected chi connectivity index (χ3v) is 2.98. The van der Waals surface area contributed by atoms with Crippen LogP contribution < -0.4 is 0 Å². The molecular weight excluding hydrogens is 172 g/mol. The van der Waals surface area contributed by atoms with Crippen LogP contribution in [-0.4, -0.2) is 9.52 Å². The van der Waals surface area contributed by atoms with Gasteiger partial charge < -0.3 is 0 Å². The topological polar surface area (TPSA) is 0 Å². The van der Waals surface area contributed by atoms with Gasteiger partial charge in [0, 0.05) is 9.52 Å². The van der Waals surface area contributed by atoms with E-state index >= 15 is 0 Å². The van der Waals surface area contributed by atoms with E-state index in [4.69, 9.17) is 0 Å². The minimum Gasteiger partial charge on any atom is -0.0890 e. The quantitative estimate of drug-likeness (QED) is 0.386. The molecule has 0 heterocycles. The molecule has 2 radical (unpaired) electrons. The van der Waals surface area contributed by atoms with Crippen LogP contribution in [0.4, 0.5) is 0 Å². The summed E-state index contributed by atoms with van der Waals surface area (Å²) < 4.78 is 0. The Morgan fingerprint density at radius 1 is 1.23 bits per heavy atom. The van der Waals surface area contributed by atoms with E-state index in [1.54, 1.807) is 0 Å². The second kappa shape index (κ2) is 5.76. The molecule has 1 heteroatoms. The van der Waals surface area contributed by atoms with Crippen molar-refractivity contribution in [2.24, 2.45) is 0 Å². The molecule has 0 aliphatic heterocycles. The van der Waals surface area contributed by atoms with Crippen LogP contribution in [-0.2, 0) is 6.04 Å². The summed E-state index contributed by atoms with van der Waals surface area (Å²) in [7, 11) is 1.03. The van der Waals surface area contributed by atoms with Gasteiger partial charge in [-0.25, -0.2) is 0 Å². The molecule has 0 nitrogen and oxygen atoms in total. The van der Waals surface area contributed by atoms with Crippen LogP contribution in [0.15, 0.2) is 42.0 Å². The minimum atomic E-state index is 1.03. The highest BCUT2D eigenvalue weighted by Gasteiger charge is 1.90. The first-order chi connectivity index (χ1) is 6.29. The highest BCUT2D eigenvalue weighted by atomic mass is 28.2. The van der Waals surface area contributed by atoms with E-state index in [0.29, 0.717) is 0 Å². The fourth-order valence-electron chi connectivity index (χ4n) is 1.09. The molecule has 0 atom stereocenters. The summed E-state index contributed by atoms with van der Waals surface area (Å²) in [5, 5.41) is 0. The van der Waals surface area contributed by atoms with Gasteiger partial charge in [-0.1, -0.05) is 47.5 Å². The third-order valence-electron chi connectivity index (χ3n) is 1.83. The lowest BCUT2D eigenvalue weighted by atomic mass is 10.2. The Morgan fingerprint density at radius 2 is 1.92 bits per heavy atom. The Morgan fingerprint density at radius 3 is 2.54 bits per heavy atom. The number of allylic oxidation sites excluding steroid dienone is 2. The number of rotatable bonds is 4. The fraction of sp³-hybridized carbons (Fsp3) is 0.333. The van der Waals surface area contributed by atoms with E-state index in [0.717, 1.165) is 9.52 Å². The maximum atomic E-state index is 2.32. The summed E-state index contributed by atoms with van der Waals surface area (Å²) in [6.45, 7) is 4.32. The van der Waals surface area contributed by atoms with E-state index in [2.05, 4.69) is 50.3 Å². The molecule has 0 unspecified atom stereocenters. The molecule has 0 saturated heterocycles. The summed E-state index contributed by atoms with van der Waals surface area (Å²) in [5.41, 5.74) is 2.89. The maximum Gasteiger partial charge on any atom is 0.0470 e. The summed E-state index contributed by atoms with van der Waals surface area (Å²) in [6, 6.07) is 13.2. The lowest BCUT2D eigenvalue weighted by Crippen LogP contribution is -1.94. The minimum absolute atomic E-state index is 1.03. The summed E-state index contributed by atoms with van der Waals surface area (Å²) in [4.78, 5) is 0. The third kappa shape index (κ3) is 4.68. The zero-order chi connectivity index (χ0) is 9.52. The Kier molecular flexibility index (Phi) is 4.55. The monoisotopic (exact) mass is 188 g/mol. The first-order valence-corrected chi connectivity index (χ1v) is 6.08. The van der Waals surface area contributed by atoms with E-state index in [1.165, 1.54) is 23.2 Å². The van der Waals surface area contributed by atoms with Gasteiger partial charge in [0.15, 0.2) is 0 Å². The van der Waals surface area contributed by atoms with Crippen molar-refractivity contribution in [3.05, 3.63) is 47.5 Å². The second-order valence-electron chi connectivity index (χ2n) is 3.40. The fourth-order valence-corrected chi connectivity index (χ4v) is 2.31. The molecule has 68 valence electrons. The molecule has 0 aromatic heterocycles. The first-order valence-electron chi connectivity index (χ1n) is 4.67. The molecule has 0 aliphatic rings. The van der Waals surface area contributed by atoms with Crippen molar-refractivity contribution in [2.45, 2.75) is 25.9 Å². The molecule has 1 aromatic carbocycles. The van der Waals surface area contributed by atoms with Crippen molar-refractivity contribution in [3.63, 3.8) is 0 Å². The maximum absolute atomic E-state index is 2.32. The first kappa shape index (κ1) is 10.3. The van der Waals surface area contributed by atoms with Crippen molar-refractivity contribution in [1.82, 2.24) is 0 Å². The SMILES string of the molecule is CC(C)=CC[Si]Cc1ccccc1. The van der Waals surface area contributed by atoms with E-state index in [1.807, 2.05) is 0 Å². The summed E-state index contributed by atoms with van der Waals surface area (Å²) in [5.74, 6) is 0. The molecule has 0 N–H and O–H groups in total. The van der Waals surface area contributed by atoms with Crippen LogP contribution >= 0.6 is 0 Å². The molecule has 0 amide bonds. The number of benzene rings is 1. The molecule has 0 saturated carbocycles. The zero-order valence-electron chi connectivity index (χ0n) is 8.38. The molecule has 0 fully saturated rings. The molecular formula is C12H16Si. The van der Waals surface area contributed by atoms with Crippen LogP contribution in [0.2, 0.25) is 6.04 Å². The molecule has 1 aromatic rings. The van der Waals surface area contributed by atoms with Crippen molar-refractivity contribution in [3.8, 4) is 0 Å². The van der Waals surface area contributed by atoms with Gasteiger partial charge in [0.2, 0.25) is 0 Å². The molecule has 0 spiro atoms. The molecule has 1 rings (SSSR count). The van der Waals surface area contributed by atoms with Crippen LogP contribution in [0.3, 0.4) is 0 Å². The standard InChI is InChI=1S/C12H16Si/c1-11(2)8-9-13-10-12-6-4-3-5-7-12/h3-8H,9-10H2,1-2H3. The van der Waals surface area contributed by atoms with Crippen molar-refractivity contribution < 1.29 is 0 Å². The number of hydrogen-bond acceptors (Lipinski definition) is 0. The van der Waals surface area contributed by atoms with Gasteiger partial charge in [0.25, 0.3) is 0 Å². The average Bonchev–Trinajstić information content (AvgIpc) is 2.14. The van der Waals surface area contributed by atoms with Gasteiger partial charge in [-0.15, -0.1) is 0 Å². The van der Waals surface area contributed by atoms with E-state index < -0.39 is 0 Å². The second-order valence-corrected chi connectivity index (χ2v) is 4.66. The number of hydrogen-bond donors (Lipinski definition) is 0. The lowest BCUT2D eigenvalue weighted by molar-refractivity contribution is 1.33. The Bertz CT molecular complexity index is 258. The van der Waals surface area contributed by atoms with E-state index in [9.17, 15) is 0 Å². The highest BCUT2D eigenvalue weighted by molar-refractivity contribution is 6.35. The predicted molar refractivity (Wildman–Crippen MR) is 60.1 cm³/mol. The predicted octanol–water partition coefficient (Wildman–Crippen LogP) is 3.28. The van der Waals surface area contributed by atoms with E-state index in [-0.39, 0.29) is 0 Å². The van der Waals surface area contributed by atoms with Crippen LogP contribution in [0.25, 0.3) is 0 Å². The largest absolute Gasteiger partial charge is 0.0890 e. The van der Waals surface area contributed by atoms with Gasteiger partial charge in [-0.2, -0.15) is 0 Å². The van der Waals surface area contributed by atoms with Gasteiger partial charge >= 0.3 is 0 Å². The smallest absolute Gasteiger partial charge is 0.0470 e. The molecule has 0 aliphatic carbocycles. The van der Waals surface area contributed by atoms with Crippen molar-refractivity contribution in [2.75, 3.05) is 0 Å². The molecule has 13 heavy (non-hydrogen) atoms. The zero-order valence-corrected chi connectivity index (χ0v) is 9.38. The molecule has 0 bridgehead atoms. The van der Waals surface area contributed by atoms with Crippen LogP contribution in [0, 0.1) is 0 Å². The van der Waals surface area contributed by atoms with Crippen LogP contribution in [0.5, 0.6) is 0 Å². The lowest BCUT2D eigenvalue weighted by Gasteiger charge is -1.97. The van der Waals surface area contributed by atoms with Gasteiger partial charge in [-0.05, 0) is 25.9 Å². The van der Waals surface area contributed by atoms with Crippen molar-refractivity contribution in [1.29, 1.82) is 0 Å².